The Hall–Kier alpha value is 0.270. The van der Waals surface area contributed by atoms with Gasteiger partial charge in [0, 0.05) is 6.20 Å². The summed E-state index contributed by atoms with van der Waals surface area (Å²) in [5.41, 5.74) is 5.42. The van der Waals surface area contributed by atoms with Crippen molar-refractivity contribution in [1.82, 2.24) is 10.9 Å². The second-order valence-corrected chi connectivity index (χ2v) is 3.53. The van der Waals surface area contributed by atoms with Gasteiger partial charge in [-0.25, -0.2) is 5.43 Å². The molecule has 40 valence electrons. The summed E-state index contributed by atoms with van der Waals surface area (Å²) < 4.78 is -0.562. The van der Waals surface area contributed by atoms with E-state index in [4.69, 9.17) is 11.6 Å². The van der Waals surface area contributed by atoms with Gasteiger partial charge in [-0.2, -0.15) is 0 Å². The van der Waals surface area contributed by atoms with Gasteiger partial charge in [-0.3, -0.25) is 0 Å². The summed E-state index contributed by atoms with van der Waals surface area (Å²) in [7, 11) is 0. The molecular weight excluding hydrogens is 179 g/mol. The quantitative estimate of drug-likeness (QED) is 0.431. The second-order valence-electron chi connectivity index (χ2n) is 1.23. The maximum atomic E-state index is 5.62. The molecule has 1 aliphatic rings. The number of hydrogen-bond acceptors (Lipinski definition) is 2. The van der Waals surface area contributed by atoms with E-state index in [0.29, 0.717) is 0 Å². The van der Waals surface area contributed by atoms with Gasteiger partial charge in [0.2, 0.25) is 0 Å². The smallest absolute Gasteiger partial charge is 0.186 e. The molecule has 7 heavy (non-hydrogen) atoms. The minimum Gasteiger partial charge on any atom is -0.326 e. The largest absolute Gasteiger partial charge is 0.326 e. The molecule has 4 heteroatoms. The summed E-state index contributed by atoms with van der Waals surface area (Å²) in [5.74, 6) is 0. The molecule has 0 fully saturated rings. The normalized spacial score (nSPS) is 38.6. The van der Waals surface area contributed by atoms with Crippen LogP contribution in [0.3, 0.4) is 0 Å². The van der Waals surface area contributed by atoms with Crippen molar-refractivity contribution in [1.29, 1.82) is 0 Å². The third-order valence-electron chi connectivity index (χ3n) is 0.615. The predicted molar refractivity (Wildman–Crippen MR) is 32.9 cm³/mol. The molecular formula is C3H4BrClN2. The number of rotatable bonds is 0. The lowest BCUT2D eigenvalue weighted by Gasteiger charge is -2.07. The van der Waals surface area contributed by atoms with Gasteiger partial charge in [0.1, 0.15) is 0 Å². The molecule has 2 N–H and O–H groups in total. The fourth-order valence-electron chi connectivity index (χ4n) is 0.326. The molecule has 0 aliphatic carbocycles. The van der Waals surface area contributed by atoms with Crippen molar-refractivity contribution >= 4 is 27.5 Å². The van der Waals surface area contributed by atoms with Gasteiger partial charge in [0.05, 0.1) is 0 Å². The Balaban J connectivity index is 2.57. The minimum absolute atomic E-state index is 0.562. The van der Waals surface area contributed by atoms with Crippen LogP contribution in [0, 0.1) is 0 Å². The topological polar surface area (TPSA) is 24.1 Å². The first kappa shape index (κ1) is 5.41. The lowest BCUT2D eigenvalue weighted by molar-refractivity contribution is 0.671. The summed E-state index contributed by atoms with van der Waals surface area (Å²) in [6, 6.07) is 0. The average Bonchev–Trinajstić information content (AvgIpc) is 1.84. The molecule has 0 aromatic carbocycles. The van der Waals surface area contributed by atoms with Crippen LogP contribution in [0.4, 0.5) is 0 Å². The van der Waals surface area contributed by atoms with Crippen LogP contribution < -0.4 is 10.9 Å². The van der Waals surface area contributed by atoms with E-state index in [9.17, 15) is 0 Å². The minimum atomic E-state index is -0.562. The molecule has 0 aromatic heterocycles. The lowest BCUT2D eigenvalue weighted by Crippen LogP contribution is -2.33. The molecule has 0 amide bonds. The molecule has 0 saturated heterocycles. The Morgan fingerprint density at radius 3 is 2.57 bits per heavy atom. The van der Waals surface area contributed by atoms with Crippen LogP contribution in [0.5, 0.6) is 0 Å². The summed E-state index contributed by atoms with van der Waals surface area (Å²) >= 11 is 8.77. The molecule has 0 radical (unpaired) electrons. The summed E-state index contributed by atoms with van der Waals surface area (Å²) in [5, 5.41) is 0. The molecule has 0 spiro atoms. The number of nitrogens with one attached hydrogen (secondary N) is 2. The Labute approximate surface area is 55.0 Å². The maximum Gasteiger partial charge on any atom is 0.186 e. The zero-order valence-corrected chi connectivity index (χ0v) is 5.75. The molecule has 0 aromatic rings. The van der Waals surface area contributed by atoms with E-state index in [1.165, 1.54) is 0 Å². The first-order valence-electron chi connectivity index (χ1n) is 1.79. The third kappa shape index (κ3) is 1.33. The Morgan fingerprint density at radius 2 is 2.43 bits per heavy atom. The Kier molecular flexibility index (Phi) is 1.28. The number of hydrogen-bond donors (Lipinski definition) is 2. The highest BCUT2D eigenvalue weighted by Crippen LogP contribution is 2.22. The van der Waals surface area contributed by atoms with Gasteiger partial charge >= 0.3 is 0 Å². The summed E-state index contributed by atoms with van der Waals surface area (Å²) in [4.78, 5) is 0. The first-order chi connectivity index (χ1) is 3.21. The van der Waals surface area contributed by atoms with Gasteiger partial charge in [-0.1, -0.05) is 11.6 Å². The highest BCUT2D eigenvalue weighted by atomic mass is 79.9. The van der Waals surface area contributed by atoms with Gasteiger partial charge in [-0.15, -0.1) is 0 Å². The molecule has 1 aliphatic heterocycles. The van der Waals surface area contributed by atoms with Crippen molar-refractivity contribution in [3.63, 3.8) is 0 Å². The number of alkyl halides is 2. The first-order valence-corrected chi connectivity index (χ1v) is 2.96. The molecule has 1 unspecified atom stereocenters. The van der Waals surface area contributed by atoms with Crippen LogP contribution in [0.15, 0.2) is 12.3 Å². The molecule has 0 saturated carbocycles. The van der Waals surface area contributed by atoms with Crippen LogP contribution in [-0.2, 0) is 0 Å². The SMILES string of the molecule is ClC1(Br)C=CNN1. The van der Waals surface area contributed by atoms with E-state index in [1.807, 2.05) is 0 Å². The lowest BCUT2D eigenvalue weighted by atomic mass is 10.6. The van der Waals surface area contributed by atoms with Gasteiger partial charge in [0.25, 0.3) is 0 Å². The predicted octanol–water partition coefficient (Wildman–Crippen LogP) is 0.895. The van der Waals surface area contributed by atoms with Crippen molar-refractivity contribution in [2.24, 2.45) is 0 Å². The van der Waals surface area contributed by atoms with Crippen LogP contribution in [0.2, 0.25) is 0 Å². The van der Waals surface area contributed by atoms with Crippen molar-refractivity contribution in [3.05, 3.63) is 12.3 Å². The second kappa shape index (κ2) is 1.65. The highest BCUT2D eigenvalue weighted by Gasteiger charge is 2.20. The number of halogens is 2. The van der Waals surface area contributed by atoms with E-state index in [0.717, 1.165) is 0 Å². The van der Waals surface area contributed by atoms with Crippen LogP contribution in [-0.4, -0.2) is 3.91 Å². The Morgan fingerprint density at radius 1 is 1.71 bits per heavy atom. The number of hydrazine groups is 1. The van der Waals surface area contributed by atoms with E-state index < -0.39 is 3.91 Å². The van der Waals surface area contributed by atoms with Gasteiger partial charge < -0.3 is 5.43 Å². The monoisotopic (exact) mass is 182 g/mol. The molecule has 1 rings (SSSR count). The van der Waals surface area contributed by atoms with Crippen molar-refractivity contribution < 1.29 is 0 Å². The average molecular weight is 183 g/mol. The van der Waals surface area contributed by atoms with Crippen molar-refractivity contribution in [2.75, 3.05) is 0 Å². The van der Waals surface area contributed by atoms with Crippen LogP contribution >= 0.6 is 27.5 Å². The zero-order chi connectivity index (χ0) is 5.33. The third-order valence-corrected chi connectivity index (χ3v) is 1.30. The van der Waals surface area contributed by atoms with E-state index in [2.05, 4.69) is 26.8 Å². The standard InChI is InChI=1S/C3H4BrClN2/c4-3(5)1-2-6-7-3/h1-2,6-7H. The van der Waals surface area contributed by atoms with E-state index in [-0.39, 0.29) is 0 Å². The van der Waals surface area contributed by atoms with Crippen molar-refractivity contribution in [3.8, 4) is 0 Å². The molecule has 1 atom stereocenters. The fraction of sp³-hybridized carbons (Fsp3) is 0.333. The van der Waals surface area contributed by atoms with Crippen LogP contribution in [0.25, 0.3) is 0 Å². The van der Waals surface area contributed by atoms with Crippen LogP contribution in [0.1, 0.15) is 0 Å². The highest BCUT2D eigenvalue weighted by molar-refractivity contribution is 9.10. The zero-order valence-electron chi connectivity index (χ0n) is 3.41. The molecule has 1 heterocycles. The van der Waals surface area contributed by atoms with Gasteiger partial charge in [-0.05, 0) is 22.0 Å². The molecule has 2 nitrogen and oxygen atoms in total. The molecule has 0 bridgehead atoms. The summed E-state index contributed by atoms with van der Waals surface area (Å²) in [6.45, 7) is 0. The Bertz CT molecular complexity index is 101. The van der Waals surface area contributed by atoms with Gasteiger partial charge in [0.15, 0.2) is 3.91 Å². The summed E-state index contributed by atoms with van der Waals surface area (Å²) in [6.07, 6.45) is 3.48. The van der Waals surface area contributed by atoms with Crippen molar-refractivity contribution in [2.45, 2.75) is 3.91 Å². The van der Waals surface area contributed by atoms with E-state index in [1.54, 1.807) is 12.3 Å². The van der Waals surface area contributed by atoms with E-state index >= 15 is 0 Å². The fourth-order valence-corrected chi connectivity index (χ4v) is 0.690. The maximum absolute atomic E-state index is 5.62.